The predicted octanol–water partition coefficient (Wildman–Crippen LogP) is 1.96. The van der Waals surface area contributed by atoms with Crippen molar-refractivity contribution in [2.24, 2.45) is 5.41 Å². The molecular formula is C14H16ClNO3S. The van der Waals surface area contributed by atoms with Crippen LogP contribution in [0.4, 0.5) is 0 Å². The number of nitrogens with zero attached hydrogens (tertiary/aromatic N) is 1. The Labute approximate surface area is 123 Å². The van der Waals surface area contributed by atoms with E-state index < -0.39 is 20.9 Å². The summed E-state index contributed by atoms with van der Waals surface area (Å²) < 4.78 is 23.3. The molecule has 2 rings (SSSR count). The van der Waals surface area contributed by atoms with Crippen LogP contribution in [0.25, 0.3) is 0 Å². The highest BCUT2D eigenvalue weighted by Crippen LogP contribution is 2.43. The van der Waals surface area contributed by atoms with Crippen LogP contribution in [-0.2, 0) is 16.3 Å². The third-order valence-corrected chi connectivity index (χ3v) is 6.02. The minimum Gasteiger partial charge on any atom is -0.388 e. The molecule has 6 heteroatoms. The lowest BCUT2D eigenvalue weighted by molar-refractivity contribution is -0.0262. The van der Waals surface area contributed by atoms with Gasteiger partial charge in [0.2, 0.25) is 0 Å². The molecular weight excluding hydrogens is 298 g/mol. The zero-order valence-electron chi connectivity index (χ0n) is 11.1. The smallest absolute Gasteiger partial charge is 0.152 e. The van der Waals surface area contributed by atoms with Crippen LogP contribution in [0.15, 0.2) is 24.3 Å². The van der Waals surface area contributed by atoms with Crippen LogP contribution in [0.3, 0.4) is 0 Å². The molecule has 108 valence electrons. The molecule has 0 amide bonds. The van der Waals surface area contributed by atoms with Crippen LogP contribution in [0.5, 0.6) is 0 Å². The minimum atomic E-state index is -3.25. The van der Waals surface area contributed by atoms with E-state index >= 15 is 0 Å². The first-order valence-electron chi connectivity index (χ1n) is 6.28. The van der Waals surface area contributed by atoms with Gasteiger partial charge in [0.25, 0.3) is 0 Å². The number of hydrogen-bond acceptors (Lipinski definition) is 4. The van der Waals surface area contributed by atoms with Crippen LogP contribution >= 0.6 is 11.6 Å². The zero-order valence-corrected chi connectivity index (χ0v) is 12.7. The number of rotatable bonds is 3. The van der Waals surface area contributed by atoms with E-state index in [4.69, 9.17) is 11.6 Å². The van der Waals surface area contributed by atoms with Crippen LogP contribution in [-0.4, -0.2) is 30.6 Å². The van der Waals surface area contributed by atoms with Gasteiger partial charge in [-0.3, -0.25) is 0 Å². The second kappa shape index (κ2) is 5.03. The summed E-state index contributed by atoms with van der Waals surface area (Å²) in [5, 5.41) is 20.7. The molecule has 1 aliphatic rings. The molecule has 1 saturated heterocycles. The fraction of sp³-hybridized carbons (Fsp3) is 0.500. The predicted molar refractivity (Wildman–Crippen MR) is 77.1 cm³/mol. The Balaban J connectivity index is 2.29. The van der Waals surface area contributed by atoms with Gasteiger partial charge >= 0.3 is 0 Å². The molecule has 4 nitrogen and oxygen atoms in total. The lowest BCUT2D eigenvalue weighted by Gasteiger charge is -2.36. The summed E-state index contributed by atoms with van der Waals surface area (Å²) in [5.74, 6) is -0.325. The van der Waals surface area contributed by atoms with Crippen molar-refractivity contribution in [1.82, 2.24) is 0 Å². The zero-order chi connectivity index (χ0) is 15.0. The third-order valence-electron chi connectivity index (χ3n) is 4.01. The number of aliphatic hydroxyl groups is 1. The number of halogens is 1. The van der Waals surface area contributed by atoms with Crippen molar-refractivity contribution in [2.45, 2.75) is 25.4 Å². The molecule has 1 fully saturated rings. The number of nitriles is 1. The Morgan fingerprint density at radius 3 is 2.50 bits per heavy atom. The number of sulfone groups is 1. The van der Waals surface area contributed by atoms with Gasteiger partial charge in [-0.1, -0.05) is 23.7 Å². The van der Waals surface area contributed by atoms with Gasteiger partial charge in [-0.05, 0) is 31.0 Å². The maximum absolute atomic E-state index is 11.7. The van der Waals surface area contributed by atoms with Crippen molar-refractivity contribution < 1.29 is 13.5 Å². The summed E-state index contributed by atoms with van der Waals surface area (Å²) in [5.41, 5.74) is -1.83. The van der Waals surface area contributed by atoms with Crippen LogP contribution in [0, 0.1) is 16.7 Å². The molecule has 1 N–H and O–H groups in total. The van der Waals surface area contributed by atoms with Crippen molar-refractivity contribution in [3.8, 4) is 6.07 Å². The van der Waals surface area contributed by atoms with Crippen molar-refractivity contribution >= 4 is 21.4 Å². The molecule has 0 radical (unpaired) electrons. The lowest BCUT2D eigenvalue weighted by Crippen LogP contribution is -2.47. The van der Waals surface area contributed by atoms with Gasteiger partial charge in [0, 0.05) is 11.4 Å². The van der Waals surface area contributed by atoms with Crippen molar-refractivity contribution in [3.63, 3.8) is 0 Å². The average molecular weight is 314 g/mol. The minimum absolute atomic E-state index is 0.0443. The van der Waals surface area contributed by atoms with Gasteiger partial charge in [0.05, 0.1) is 23.2 Å². The van der Waals surface area contributed by atoms with E-state index in [9.17, 15) is 18.8 Å². The number of benzene rings is 1. The standard InChI is InChI=1S/C14H16ClNO3S/c1-13(17,8-11-2-4-12(15)5-3-11)14(9-16)6-7-20(18,19)10-14/h2-5,17H,6-8,10H2,1H3. The van der Waals surface area contributed by atoms with E-state index in [0.717, 1.165) is 5.56 Å². The first-order chi connectivity index (χ1) is 9.20. The van der Waals surface area contributed by atoms with Gasteiger partial charge in [-0.2, -0.15) is 5.26 Å². The van der Waals surface area contributed by atoms with Gasteiger partial charge < -0.3 is 5.11 Å². The molecule has 1 aromatic rings. The Kier molecular flexibility index (Phi) is 3.85. The van der Waals surface area contributed by atoms with Gasteiger partial charge in [-0.15, -0.1) is 0 Å². The van der Waals surface area contributed by atoms with Gasteiger partial charge in [-0.25, -0.2) is 8.42 Å². The first-order valence-corrected chi connectivity index (χ1v) is 8.48. The fourth-order valence-corrected chi connectivity index (χ4v) is 4.85. The maximum Gasteiger partial charge on any atom is 0.152 e. The van der Waals surface area contributed by atoms with E-state index in [1.54, 1.807) is 24.3 Å². The quantitative estimate of drug-likeness (QED) is 0.925. The molecule has 1 aromatic carbocycles. The molecule has 0 aromatic heterocycles. The molecule has 2 atom stereocenters. The summed E-state index contributed by atoms with van der Waals surface area (Å²) in [6.45, 7) is 1.53. The van der Waals surface area contributed by atoms with E-state index in [0.29, 0.717) is 5.02 Å². The summed E-state index contributed by atoms with van der Waals surface area (Å²) >= 11 is 5.81. The summed E-state index contributed by atoms with van der Waals surface area (Å²) in [6, 6.07) is 9.00. The second-order valence-electron chi connectivity index (χ2n) is 5.61. The molecule has 2 unspecified atom stereocenters. The molecule has 1 heterocycles. The normalized spacial score (nSPS) is 27.7. The second-order valence-corrected chi connectivity index (χ2v) is 8.23. The highest BCUT2D eigenvalue weighted by atomic mass is 35.5. The molecule has 0 spiro atoms. The summed E-state index contributed by atoms with van der Waals surface area (Å²) in [7, 11) is -3.25. The molecule has 20 heavy (non-hydrogen) atoms. The monoisotopic (exact) mass is 313 g/mol. The highest BCUT2D eigenvalue weighted by molar-refractivity contribution is 7.91. The Bertz CT molecular complexity index is 646. The topological polar surface area (TPSA) is 78.2 Å². The highest BCUT2D eigenvalue weighted by Gasteiger charge is 2.54. The molecule has 0 aliphatic carbocycles. The largest absolute Gasteiger partial charge is 0.388 e. The van der Waals surface area contributed by atoms with Crippen LogP contribution in [0.1, 0.15) is 18.9 Å². The Hall–Kier alpha value is -1.09. The Morgan fingerprint density at radius 2 is 2.05 bits per heavy atom. The Morgan fingerprint density at radius 1 is 1.45 bits per heavy atom. The van der Waals surface area contributed by atoms with E-state index in [1.807, 2.05) is 6.07 Å². The maximum atomic E-state index is 11.7. The average Bonchev–Trinajstić information content (AvgIpc) is 2.69. The molecule has 1 aliphatic heterocycles. The van der Waals surface area contributed by atoms with Crippen LogP contribution in [0.2, 0.25) is 5.02 Å². The fourth-order valence-electron chi connectivity index (χ4n) is 2.65. The van der Waals surface area contributed by atoms with E-state index in [1.165, 1.54) is 6.92 Å². The van der Waals surface area contributed by atoms with Gasteiger partial charge in [0.15, 0.2) is 9.84 Å². The van der Waals surface area contributed by atoms with Crippen molar-refractivity contribution in [3.05, 3.63) is 34.9 Å². The van der Waals surface area contributed by atoms with Crippen LogP contribution < -0.4 is 0 Å². The summed E-state index contributed by atoms with van der Waals surface area (Å²) in [6.07, 6.45) is 0.389. The first kappa shape index (κ1) is 15.3. The lowest BCUT2D eigenvalue weighted by atomic mass is 9.70. The van der Waals surface area contributed by atoms with E-state index in [2.05, 4.69) is 0 Å². The van der Waals surface area contributed by atoms with Crippen molar-refractivity contribution in [1.29, 1.82) is 5.26 Å². The number of hydrogen-bond donors (Lipinski definition) is 1. The van der Waals surface area contributed by atoms with Gasteiger partial charge in [0.1, 0.15) is 5.41 Å². The van der Waals surface area contributed by atoms with E-state index in [-0.39, 0.29) is 24.3 Å². The molecule has 0 saturated carbocycles. The molecule has 0 bridgehead atoms. The SMILES string of the molecule is CC(O)(Cc1ccc(Cl)cc1)C1(C#N)CCS(=O)(=O)C1. The summed E-state index contributed by atoms with van der Waals surface area (Å²) in [4.78, 5) is 0. The van der Waals surface area contributed by atoms with Crippen molar-refractivity contribution in [2.75, 3.05) is 11.5 Å². The third kappa shape index (κ3) is 2.83.